The first-order chi connectivity index (χ1) is 6.11. The van der Waals surface area contributed by atoms with Crippen LogP contribution in [0.4, 0.5) is 0 Å². The number of hydrogen-bond donors (Lipinski definition) is 1. The zero-order valence-electron chi connectivity index (χ0n) is 8.13. The van der Waals surface area contributed by atoms with E-state index < -0.39 is 0 Å². The molecule has 3 nitrogen and oxygen atoms in total. The van der Waals surface area contributed by atoms with Crippen LogP contribution in [-0.2, 0) is 9.53 Å². The lowest BCUT2D eigenvalue weighted by molar-refractivity contribution is -0.896. The summed E-state index contributed by atoms with van der Waals surface area (Å²) in [5, 5.41) is 0. The van der Waals surface area contributed by atoms with Gasteiger partial charge in [-0.05, 0) is 5.75 Å². The maximum absolute atomic E-state index is 11.8. The predicted molar refractivity (Wildman–Crippen MR) is 51.7 cm³/mol. The Bertz CT molecular complexity index is 228. The second-order valence-electron chi connectivity index (χ2n) is 4.20. The summed E-state index contributed by atoms with van der Waals surface area (Å²) in [5.41, 5.74) is -0.299. The largest absolute Gasteiger partial charge is 0.324 e. The highest BCUT2D eigenvalue weighted by Gasteiger charge is 2.49. The number of hydrogen-bond acceptors (Lipinski definition) is 3. The van der Waals surface area contributed by atoms with Crippen molar-refractivity contribution in [2.45, 2.75) is 32.0 Å². The van der Waals surface area contributed by atoms with Gasteiger partial charge in [0.25, 0.3) is 0 Å². The van der Waals surface area contributed by atoms with Gasteiger partial charge in [0, 0.05) is 20.3 Å². The van der Waals surface area contributed by atoms with E-state index in [1.165, 1.54) is 0 Å². The Morgan fingerprint density at radius 3 is 3.15 bits per heavy atom. The molecular weight excluding hydrogens is 186 g/mol. The van der Waals surface area contributed by atoms with Crippen LogP contribution in [0.15, 0.2) is 0 Å². The van der Waals surface area contributed by atoms with Gasteiger partial charge in [0.05, 0.1) is 0 Å². The first-order valence-electron chi connectivity index (χ1n) is 4.73. The van der Waals surface area contributed by atoms with Crippen LogP contribution in [0.1, 0.15) is 20.3 Å². The minimum Gasteiger partial charge on any atom is -0.321 e. The molecule has 0 aliphatic carbocycles. The summed E-state index contributed by atoms with van der Waals surface area (Å²) < 4.78 is 5.65. The van der Waals surface area contributed by atoms with E-state index in [1.807, 2.05) is 13.8 Å². The number of carbonyl (C=O) groups is 1. The molecule has 13 heavy (non-hydrogen) atoms. The molecule has 1 N–H and O–H groups in total. The van der Waals surface area contributed by atoms with Crippen molar-refractivity contribution in [1.82, 2.24) is 0 Å². The van der Waals surface area contributed by atoms with Crippen molar-refractivity contribution in [3.05, 3.63) is 0 Å². The van der Waals surface area contributed by atoms with Crippen LogP contribution < -0.4 is 4.90 Å². The van der Waals surface area contributed by atoms with Crippen LogP contribution in [0.2, 0.25) is 0 Å². The zero-order valence-corrected chi connectivity index (χ0v) is 8.95. The first kappa shape index (κ1) is 9.49. The number of thioether (sulfide) groups is 1. The highest BCUT2D eigenvalue weighted by Crippen LogP contribution is 2.16. The molecule has 2 heterocycles. The van der Waals surface area contributed by atoms with Gasteiger partial charge >= 0.3 is 5.91 Å². The smallest absolute Gasteiger partial charge is 0.321 e. The van der Waals surface area contributed by atoms with E-state index >= 15 is 0 Å². The fourth-order valence-electron chi connectivity index (χ4n) is 2.22. The van der Waals surface area contributed by atoms with E-state index in [4.69, 9.17) is 4.74 Å². The maximum atomic E-state index is 11.8. The monoisotopic (exact) mass is 202 g/mol. The third-order valence-corrected chi connectivity index (χ3v) is 3.84. The Hall–Kier alpha value is -0.0600. The van der Waals surface area contributed by atoms with Crippen molar-refractivity contribution in [2.24, 2.45) is 0 Å². The molecule has 0 bridgehead atoms. The lowest BCUT2D eigenvalue weighted by Gasteiger charge is -2.26. The Balaban J connectivity index is 2.22. The van der Waals surface area contributed by atoms with Crippen molar-refractivity contribution in [3.63, 3.8) is 0 Å². The average molecular weight is 202 g/mol. The van der Waals surface area contributed by atoms with Gasteiger partial charge in [-0.15, -0.1) is 11.8 Å². The van der Waals surface area contributed by atoms with Crippen molar-refractivity contribution >= 4 is 17.7 Å². The summed E-state index contributed by atoms with van der Waals surface area (Å²) in [7, 11) is 0. The Morgan fingerprint density at radius 1 is 1.62 bits per heavy atom. The fourth-order valence-corrected chi connectivity index (χ4v) is 3.16. The summed E-state index contributed by atoms with van der Waals surface area (Å²) in [4.78, 5) is 12.8. The SMILES string of the molecule is CC1(C)OC[C@@H]2CCSCC(=O)[NH+]21. The lowest BCUT2D eigenvalue weighted by Crippen LogP contribution is -3.23. The topological polar surface area (TPSA) is 30.7 Å². The minimum absolute atomic E-state index is 0.299. The molecule has 0 aromatic carbocycles. The normalized spacial score (nSPS) is 38.5. The number of ether oxygens (including phenoxy) is 1. The third-order valence-electron chi connectivity index (χ3n) is 2.85. The lowest BCUT2D eigenvalue weighted by atomic mass is 10.1. The van der Waals surface area contributed by atoms with Crippen molar-refractivity contribution in [1.29, 1.82) is 0 Å². The highest BCUT2D eigenvalue weighted by molar-refractivity contribution is 7.99. The Labute approximate surface area is 82.8 Å². The molecule has 1 amide bonds. The van der Waals surface area contributed by atoms with Gasteiger partial charge in [-0.3, -0.25) is 0 Å². The fraction of sp³-hybridized carbons (Fsp3) is 0.889. The molecule has 2 rings (SSSR count). The van der Waals surface area contributed by atoms with Crippen LogP contribution in [-0.4, -0.2) is 35.8 Å². The summed E-state index contributed by atoms with van der Waals surface area (Å²) in [5.74, 6) is 2.06. The number of nitrogens with one attached hydrogen (secondary N) is 1. The van der Waals surface area contributed by atoms with Gasteiger partial charge < -0.3 is 4.74 Å². The maximum Gasteiger partial charge on any atom is 0.324 e. The molecule has 2 aliphatic heterocycles. The molecule has 0 saturated carbocycles. The Kier molecular flexibility index (Phi) is 2.38. The van der Waals surface area contributed by atoms with Gasteiger partial charge in [-0.1, -0.05) is 0 Å². The van der Waals surface area contributed by atoms with Crippen molar-refractivity contribution in [3.8, 4) is 0 Å². The molecule has 2 saturated heterocycles. The van der Waals surface area contributed by atoms with Crippen LogP contribution in [0.5, 0.6) is 0 Å². The molecular formula is C9H16NO2S+. The molecule has 4 heteroatoms. The predicted octanol–water partition coefficient (Wildman–Crippen LogP) is -0.330. The molecule has 1 unspecified atom stereocenters. The summed E-state index contributed by atoms with van der Waals surface area (Å²) in [6.45, 7) is 4.76. The first-order valence-corrected chi connectivity index (χ1v) is 5.89. The molecule has 0 spiro atoms. The quantitative estimate of drug-likeness (QED) is 0.583. The van der Waals surface area contributed by atoms with E-state index in [2.05, 4.69) is 0 Å². The van der Waals surface area contributed by atoms with Gasteiger partial charge in [0.2, 0.25) is 5.72 Å². The number of amides is 1. The number of carbonyl (C=O) groups excluding carboxylic acids is 1. The van der Waals surface area contributed by atoms with E-state index in [-0.39, 0.29) is 5.72 Å². The summed E-state index contributed by atoms with van der Waals surface area (Å²) >= 11 is 1.76. The second kappa shape index (κ2) is 3.26. The van der Waals surface area contributed by atoms with Gasteiger partial charge in [-0.2, -0.15) is 0 Å². The van der Waals surface area contributed by atoms with Crippen LogP contribution >= 0.6 is 11.8 Å². The molecule has 2 atom stereocenters. The molecule has 2 aliphatic rings. The van der Waals surface area contributed by atoms with E-state index in [1.54, 1.807) is 11.8 Å². The van der Waals surface area contributed by atoms with Crippen molar-refractivity contribution < 1.29 is 14.4 Å². The minimum atomic E-state index is -0.299. The number of rotatable bonds is 0. The van der Waals surface area contributed by atoms with Crippen LogP contribution in [0.25, 0.3) is 0 Å². The average Bonchev–Trinajstić information content (AvgIpc) is 2.26. The second-order valence-corrected chi connectivity index (χ2v) is 5.30. The molecule has 0 aromatic rings. The molecule has 2 fully saturated rings. The molecule has 74 valence electrons. The standard InChI is InChI=1S/C9H15NO2S/c1-9(2)10-7(5-12-9)3-4-13-6-8(10)11/h7H,3-6H2,1-2H3/p+1/t7-/m0/s1. The zero-order chi connectivity index (χ0) is 9.47. The molecule has 0 radical (unpaired) electrons. The van der Waals surface area contributed by atoms with Gasteiger partial charge in [-0.25, -0.2) is 9.69 Å². The van der Waals surface area contributed by atoms with Gasteiger partial charge in [0.1, 0.15) is 18.4 Å². The van der Waals surface area contributed by atoms with Crippen molar-refractivity contribution in [2.75, 3.05) is 18.1 Å². The van der Waals surface area contributed by atoms with Crippen LogP contribution in [0, 0.1) is 0 Å². The van der Waals surface area contributed by atoms with Crippen LogP contribution in [0.3, 0.4) is 0 Å². The Morgan fingerprint density at radius 2 is 2.38 bits per heavy atom. The number of fused-ring (bicyclic) bond motifs is 1. The summed E-state index contributed by atoms with van der Waals surface area (Å²) in [6.07, 6.45) is 1.11. The number of quaternary nitrogens is 1. The van der Waals surface area contributed by atoms with E-state index in [0.717, 1.165) is 23.7 Å². The third kappa shape index (κ3) is 1.63. The molecule has 0 aromatic heterocycles. The van der Waals surface area contributed by atoms with E-state index in [0.29, 0.717) is 17.7 Å². The summed E-state index contributed by atoms with van der Waals surface area (Å²) in [6, 6.07) is 0.400. The van der Waals surface area contributed by atoms with E-state index in [9.17, 15) is 4.79 Å². The highest BCUT2D eigenvalue weighted by atomic mass is 32.2. The van der Waals surface area contributed by atoms with Gasteiger partial charge in [0.15, 0.2) is 0 Å².